The zero-order valence-electron chi connectivity index (χ0n) is 12.8. The Labute approximate surface area is 136 Å². The molecule has 1 heterocycles. The molecule has 5 heteroatoms. The number of likely N-dealkylation sites (tertiary alicyclic amines) is 1. The van der Waals surface area contributed by atoms with E-state index in [1.165, 1.54) is 0 Å². The molecule has 22 heavy (non-hydrogen) atoms. The van der Waals surface area contributed by atoms with Gasteiger partial charge in [-0.2, -0.15) is 0 Å². The molecule has 2 rings (SSSR count). The Morgan fingerprint density at radius 1 is 1.23 bits per heavy atom. The molecule has 0 bridgehead atoms. The van der Waals surface area contributed by atoms with Crippen molar-refractivity contribution in [3.63, 3.8) is 0 Å². The molecule has 0 atom stereocenters. The Morgan fingerprint density at radius 2 is 2.05 bits per heavy atom. The van der Waals surface area contributed by atoms with Crippen LogP contribution in [0.25, 0.3) is 0 Å². The third-order valence-electron chi connectivity index (χ3n) is 3.91. The van der Waals surface area contributed by atoms with Crippen LogP contribution in [0.1, 0.15) is 37.7 Å². The molecule has 0 radical (unpaired) electrons. The lowest BCUT2D eigenvalue weighted by molar-refractivity contribution is -0.130. The normalized spacial score (nSPS) is 15.5. The molecule has 1 aromatic carbocycles. The van der Waals surface area contributed by atoms with E-state index in [9.17, 15) is 9.59 Å². The minimum atomic E-state index is -0.0321. The maximum absolute atomic E-state index is 11.9. The second-order valence-corrected chi connectivity index (χ2v) is 6.07. The van der Waals surface area contributed by atoms with Gasteiger partial charge in [0.15, 0.2) is 0 Å². The molecule has 1 fully saturated rings. The topological polar surface area (TPSA) is 49.4 Å². The Hall–Kier alpha value is -1.55. The molecule has 4 nitrogen and oxygen atoms in total. The molecule has 1 aliphatic heterocycles. The first-order valence-electron chi connectivity index (χ1n) is 7.94. The van der Waals surface area contributed by atoms with Crippen LogP contribution in [0.2, 0.25) is 5.02 Å². The number of halogens is 1. The predicted octanol–water partition coefficient (Wildman–Crippen LogP) is 2.79. The van der Waals surface area contributed by atoms with Crippen LogP contribution in [0.5, 0.6) is 0 Å². The SMILES string of the molecule is O=C(Cc1ccccc1Cl)NCCCN1CCCCCC1=O. The number of rotatable bonds is 6. The van der Waals surface area contributed by atoms with Crippen LogP contribution < -0.4 is 5.32 Å². The van der Waals surface area contributed by atoms with Gasteiger partial charge in [0.05, 0.1) is 6.42 Å². The summed E-state index contributed by atoms with van der Waals surface area (Å²) in [6.07, 6.45) is 4.98. The number of nitrogens with zero attached hydrogens (tertiary/aromatic N) is 1. The van der Waals surface area contributed by atoms with Crippen molar-refractivity contribution in [1.29, 1.82) is 0 Å². The van der Waals surface area contributed by atoms with Gasteiger partial charge in [0.2, 0.25) is 11.8 Å². The number of amides is 2. The number of nitrogens with one attached hydrogen (secondary N) is 1. The van der Waals surface area contributed by atoms with Crippen LogP contribution in [0.3, 0.4) is 0 Å². The maximum Gasteiger partial charge on any atom is 0.224 e. The standard InChI is InChI=1S/C17H23ClN2O2/c18-15-8-4-3-7-14(15)13-16(21)19-10-6-12-20-11-5-1-2-9-17(20)22/h3-4,7-8H,1-2,5-6,9-13H2,(H,19,21). The van der Waals surface area contributed by atoms with E-state index < -0.39 is 0 Å². The van der Waals surface area contributed by atoms with Gasteiger partial charge >= 0.3 is 0 Å². The molecule has 0 aliphatic carbocycles. The van der Waals surface area contributed by atoms with Crippen molar-refractivity contribution in [1.82, 2.24) is 10.2 Å². The Bertz CT molecular complexity index is 519. The van der Waals surface area contributed by atoms with E-state index in [-0.39, 0.29) is 11.8 Å². The van der Waals surface area contributed by atoms with Crippen molar-refractivity contribution in [3.05, 3.63) is 34.9 Å². The summed E-state index contributed by atoms with van der Waals surface area (Å²) in [5, 5.41) is 3.51. The van der Waals surface area contributed by atoms with E-state index in [4.69, 9.17) is 11.6 Å². The summed E-state index contributed by atoms with van der Waals surface area (Å²) in [4.78, 5) is 25.7. The lowest BCUT2D eigenvalue weighted by atomic mass is 10.1. The third-order valence-corrected chi connectivity index (χ3v) is 4.28. The van der Waals surface area contributed by atoms with Crippen LogP contribution >= 0.6 is 11.6 Å². The van der Waals surface area contributed by atoms with Crippen molar-refractivity contribution in [3.8, 4) is 0 Å². The van der Waals surface area contributed by atoms with Crippen molar-refractivity contribution >= 4 is 23.4 Å². The van der Waals surface area contributed by atoms with Gasteiger partial charge < -0.3 is 10.2 Å². The van der Waals surface area contributed by atoms with E-state index in [0.29, 0.717) is 24.4 Å². The Morgan fingerprint density at radius 3 is 2.86 bits per heavy atom. The number of carbonyl (C=O) groups is 2. The van der Waals surface area contributed by atoms with Crippen molar-refractivity contribution in [2.45, 2.75) is 38.5 Å². The van der Waals surface area contributed by atoms with E-state index in [1.807, 2.05) is 23.1 Å². The third kappa shape index (κ3) is 5.34. The molecule has 0 saturated carbocycles. The fraction of sp³-hybridized carbons (Fsp3) is 0.529. The zero-order chi connectivity index (χ0) is 15.8. The molecule has 0 aromatic heterocycles. The van der Waals surface area contributed by atoms with Crippen LogP contribution in [-0.4, -0.2) is 36.3 Å². The van der Waals surface area contributed by atoms with Gasteiger partial charge in [-0.05, 0) is 30.9 Å². The van der Waals surface area contributed by atoms with Gasteiger partial charge in [-0.3, -0.25) is 9.59 Å². The van der Waals surface area contributed by atoms with Gasteiger partial charge in [0.25, 0.3) is 0 Å². The van der Waals surface area contributed by atoms with Gasteiger partial charge in [-0.1, -0.05) is 36.2 Å². The highest BCUT2D eigenvalue weighted by atomic mass is 35.5. The number of hydrogen-bond acceptors (Lipinski definition) is 2. The van der Waals surface area contributed by atoms with E-state index in [0.717, 1.165) is 44.3 Å². The summed E-state index contributed by atoms with van der Waals surface area (Å²) in [7, 11) is 0. The fourth-order valence-electron chi connectivity index (χ4n) is 2.65. The minimum absolute atomic E-state index is 0.0321. The van der Waals surface area contributed by atoms with E-state index in [2.05, 4.69) is 5.32 Å². The molecule has 0 spiro atoms. The zero-order valence-corrected chi connectivity index (χ0v) is 13.6. The van der Waals surface area contributed by atoms with Crippen LogP contribution in [-0.2, 0) is 16.0 Å². The molecular weight excluding hydrogens is 300 g/mol. The lowest BCUT2D eigenvalue weighted by Crippen LogP contribution is -2.34. The van der Waals surface area contributed by atoms with Crippen LogP contribution in [0.15, 0.2) is 24.3 Å². The molecule has 0 unspecified atom stereocenters. The number of benzene rings is 1. The van der Waals surface area contributed by atoms with Crippen LogP contribution in [0, 0.1) is 0 Å². The molecule has 1 N–H and O–H groups in total. The van der Waals surface area contributed by atoms with Gasteiger partial charge in [0.1, 0.15) is 0 Å². The summed E-state index contributed by atoms with van der Waals surface area (Å²) in [5.41, 5.74) is 0.837. The highest BCUT2D eigenvalue weighted by molar-refractivity contribution is 6.31. The van der Waals surface area contributed by atoms with Crippen molar-refractivity contribution in [2.24, 2.45) is 0 Å². The second kappa shape index (κ2) is 8.79. The smallest absolute Gasteiger partial charge is 0.224 e. The summed E-state index contributed by atoms with van der Waals surface area (Å²) < 4.78 is 0. The summed E-state index contributed by atoms with van der Waals surface area (Å²) in [6.45, 7) is 2.17. The Kier molecular flexibility index (Phi) is 6.72. The first kappa shape index (κ1) is 16.8. The fourth-order valence-corrected chi connectivity index (χ4v) is 2.85. The average Bonchev–Trinajstić information content (AvgIpc) is 2.71. The molecule has 1 aromatic rings. The molecule has 2 amide bonds. The number of carbonyl (C=O) groups excluding carboxylic acids is 2. The van der Waals surface area contributed by atoms with Crippen LogP contribution in [0.4, 0.5) is 0 Å². The van der Waals surface area contributed by atoms with Gasteiger partial charge in [-0.25, -0.2) is 0 Å². The van der Waals surface area contributed by atoms with Gasteiger partial charge in [-0.15, -0.1) is 0 Å². The predicted molar refractivity (Wildman–Crippen MR) is 87.8 cm³/mol. The minimum Gasteiger partial charge on any atom is -0.356 e. The number of hydrogen-bond donors (Lipinski definition) is 1. The monoisotopic (exact) mass is 322 g/mol. The molecule has 1 aliphatic rings. The van der Waals surface area contributed by atoms with Crippen molar-refractivity contribution < 1.29 is 9.59 Å². The summed E-state index contributed by atoms with van der Waals surface area (Å²) in [5.74, 6) is 0.218. The molecule has 1 saturated heterocycles. The quantitative estimate of drug-likeness (QED) is 0.819. The highest BCUT2D eigenvalue weighted by Crippen LogP contribution is 2.15. The Balaban J connectivity index is 1.67. The van der Waals surface area contributed by atoms with E-state index >= 15 is 0 Å². The second-order valence-electron chi connectivity index (χ2n) is 5.66. The largest absolute Gasteiger partial charge is 0.356 e. The van der Waals surface area contributed by atoms with E-state index in [1.54, 1.807) is 6.07 Å². The average molecular weight is 323 g/mol. The maximum atomic E-state index is 11.9. The van der Waals surface area contributed by atoms with Crippen molar-refractivity contribution in [2.75, 3.05) is 19.6 Å². The molecular formula is C17H23ClN2O2. The highest BCUT2D eigenvalue weighted by Gasteiger charge is 2.15. The summed E-state index contributed by atoms with van der Waals surface area (Å²) in [6, 6.07) is 7.37. The van der Waals surface area contributed by atoms with Gasteiger partial charge in [0, 0.05) is 31.1 Å². The first-order valence-corrected chi connectivity index (χ1v) is 8.32. The first-order chi connectivity index (χ1) is 10.7. The molecule has 120 valence electrons. The lowest BCUT2D eigenvalue weighted by Gasteiger charge is -2.20. The summed E-state index contributed by atoms with van der Waals surface area (Å²) >= 11 is 6.04.